The Morgan fingerprint density at radius 2 is 1.81 bits per heavy atom. The highest BCUT2D eigenvalue weighted by Crippen LogP contribution is 2.29. The molecule has 7 atom stereocenters. The Hall–Kier alpha value is -1.88. The van der Waals surface area contributed by atoms with E-state index < -0.39 is 54.8 Å². The van der Waals surface area contributed by atoms with Gasteiger partial charge in [0.05, 0.1) is 12.2 Å². The van der Waals surface area contributed by atoms with E-state index >= 15 is 0 Å². The van der Waals surface area contributed by atoms with Gasteiger partial charge in [0.1, 0.15) is 30.2 Å². The van der Waals surface area contributed by atoms with E-state index in [9.17, 15) is 30.0 Å². The third kappa shape index (κ3) is 7.64. The van der Waals surface area contributed by atoms with E-state index in [-0.39, 0.29) is 24.2 Å². The molecular formula is C22H34O9. The lowest BCUT2D eigenvalue weighted by Crippen LogP contribution is -2.60. The number of aliphatic hydroxyl groups is 4. The maximum absolute atomic E-state index is 12.6. The average Bonchev–Trinajstić information content (AvgIpc) is 2.72. The van der Waals surface area contributed by atoms with Gasteiger partial charge >= 0.3 is 5.97 Å². The summed E-state index contributed by atoms with van der Waals surface area (Å²) in [7, 11) is 0. The van der Waals surface area contributed by atoms with Crippen molar-refractivity contribution in [1.82, 2.24) is 0 Å². The fourth-order valence-corrected chi connectivity index (χ4v) is 3.18. The molecule has 0 bridgehead atoms. The SMILES string of the molecule is C=CC(C)(CCC(=O)C(C)C=C(C)C=C(C)C(=O)O)OC1OC(CO)C(O)C(O)C1O. The third-order valence-corrected chi connectivity index (χ3v) is 5.34. The molecule has 0 saturated carbocycles. The number of rotatable bonds is 11. The van der Waals surface area contributed by atoms with Gasteiger partial charge in [-0.05, 0) is 33.3 Å². The van der Waals surface area contributed by atoms with E-state index in [0.29, 0.717) is 5.57 Å². The van der Waals surface area contributed by atoms with Crippen LogP contribution in [0.3, 0.4) is 0 Å². The smallest absolute Gasteiger partial charge is 0.331 e. The van der Waals surface area contributed by atoms with Crippen LogP contribution in [-0.2, 0) is 19.1 Å². The Morgan fingerprint density at radius 1 is 1.19 bits per heavy atom. The summed E-state index contributed by atoms with van der Waals surface area (Å²) in [5.74, 6) is -1.59. The molecular weight excluding hydrogens is 408 g/mol. The van der Waals surface area contributed by atoms with Gasteiger partial charge in [-0.25, -0.2) is 4.79 Å². The number of ketones is 1. The molecule has 1 aliphatic heterocycles. The molecule has 9 nitrogen and oxygen atoms in total. The first-order valence-electron chi connectivity index (χ1n) is 10.1. The zero-order chi connectivity index (χ0) is 23.9. The van der Waals surface area contributed by atoms with Crippen LogP contribution in [0.15, 0.2) is 36.0 Å². The predicted octanol–water partition coefficient (Wildman–Crippen LogP) is 0.710. The highest BCUT2D eigenvalue weighted by atomic mass is 16.7. The minimum absolute atomic E-state index is 0.104. The monoisotopic (exact) mass is 442 g/mol. The number of aliphatic carboxylic acids is 1. The number of carbonyl (C=O) groups is 2. The maximum Gasteiger partial charge on any atom is 0.331 e. The number of allylic oxidation sites excluding steroid dienone is 3. The molecule has 31 heavy (non-hydrogen) atoms. The van der Waals surface area contributed by atoms with E-state index in [0.717, 1.165) is 0 Å². The first-order valence-corrected chi connectivity index (χ1v) is 10.1. The fourth-order valence-electron chi connectivity index (χ4n) is 3.18. The van der Waals surface area contributed by atoms with Crippen LogP contribution >= 0.6 is 0 Å². The Bertz CT molecular complexity index is 712. The van der Waals surface area contributed by atoms with Gasteiger partial charge in [0.25, 0.3) is 0 Å². The van der Waals surface area contributed by atoms with Crippen molar-refractivity contribution in [2.24, 2.45) is 5.92 Å². The largest absolute Gasteiger partial charge is 0.478 e. The van der Waals surface area contributed by atoms with Crippen LogP contribution in [0.2, 0.25) is 0 Å². The van der Waals surface area contributed by atoms with Crippen LogP contribution in [0, 0.1) is 5.92 Å². The molecule has 0 aliphatic carbocycles. The van der Waals surface area contributed by atoms with Crippen molar-refractivity contribution in [3.05, 3.63) is 36.0 Å². The molecule has 0 aromatic heterocycles. The molecule has 1 aliphatic rings. The molecule has 0 aromatic rings. The molecule has 7 unspecified atom stereocenters. The van der Waals surface area contributed by atoms with Crippen molar-refractivity contribution in [1.29, 1.82) is 0 Å². The molecule has 1 rings (SSSR count). The minimum atomic E-state index is -1.57. The number of hydrogen-bond acceptors (Lipinski definition) is 8. The quantitative estimate of drug-likeness (QED) is 0.177. The van der Waals surface area contributed by atoms with Gasteiger partial charge in [-0.15, -0.1) is 6.58 Å². The zero-order valence-electron chi connectivity index (χ0n) is 18.4. The lowest BCUT2D eigenvalue weighted by Gasteiger charge is -2.42. The number of carboxylic acid groups (broad SMARTS) is 1. The van der Waals surface area contributed by atoms with Crippen LogP contribution in [0.4, 0.5) is 0 Å². The zero-order valence-corrected chi connectivity index (χ0v) is 18.4. The Kier molecular flexibility index (Phi) is 10.2. The molecule has 1 saturated heterocycles. The molecule has 0 spiro atoms. The Morgan fingerprint density at radius 3 is 2.32 bits per heavy atom. The summed E-state index contributed by atoms with van der Waals surface area (Å²) in [6, 6.07) is 0. The third-order valence-electron chi connectivity index (χ3n) is 5.34. The van der Waals surface area contributed by atoms with Crippen molar-refractivity contribution >= 4 is 11.8 Å². The second-order valence-electron chi connectivity index (χ2n) is 8.13. The van der Waals surface area contributed by atoms with Crippen LogP contribution in [0.25, 0.3) is 0 Å². The highest BCUT2D eigenvalue weighted by Gasteiger charge is 2.46. The average molecular weight is 443 g/mol. The van der Waals surface area contributed by atoms with Crippen molar-refractivity contribution in [3.63, 3.8) is 0 Å². The summed E-state index contributed by atoms with van der Waals surface area (Å²) in [6.07, 6.45) is -2.13. The summed E-state index contributed by atoms with van der Waals surface area (Å²) in [6.45, 7) is 9.66. The summed E-state index contributed by atoms with van der Waals surface area (Å²) in [5, 5.41) is 48.2. The van der Waals surface area contributed by atoms with Crippen LogP contribution in [0.1, 0.15) is 40.5 Å². The van der Waals surface area contributed by atoms with E-state index in [4.69, 9.17) is 14.6 Å². The molecule has 1 fully saturated rings. The number of ether oxygens (including phenoxy) is 2. The Balaban J connectivity index is 2.78. The second kappa shape index (κ2) is 11.7. The topological polar surface area (TPSA) is 154 Å². The minimum Gasteiger partial charge on any atom is -0.478 e. The van der Waals surface area contributed by atoms with E-state index in [1.54, 1.807) is 26.8 Å². The molecule has 176 valence electrons. The molecule has 9 heteroatoms. The standard InChI is InChI=1S/C22H34O9/c1-6-22(5,31-21-19(27)18(26)17(25)16(11-23)30-21)8-7-15(24)13(3)9-12(2)10-14(4)20(28)29/h6,9-10,13,16-19,21,23,25-27H,1,7-8,11H2,2-5H3,(H,28,29). The fraction of sp³-hybridized carbons (Fsp3) is 0.636. The number of aliphatic hydroxyl groups excluding tert-OH is 4. The summed E-state index contributed by atoms with van der Waals surface area (Å²) in [4.78, 5) is 23.5. The number of hydrogen-bond donors (Lipinski definition) is 5. The molecule has 5 N–H and O–H groups in total. The molecule has 0 radical (unpaired) electrons. The molecule has 0 amide bonds. The summed E-state index contributed by atoms with van der Waals surface area (Å²) >= 11 is 0. The van der Waals surface area contributed by atoms with Crippen molar-refractivity contribution in [2.75, 3.05) is 6.61 Å². The van der Waals surface area contributed by atoms with Gasteiger partial charge in [0, 0.05) is 17.9 Å². The van der Waals surface area contributed by atoms with Gasteiger partial charge in [0.15, 0.2) is 6.29 Å². The first-order chi connectivity index (χ1) is 14.3. The molecule has 1 heterocycles. The Labute approximate surface area is 182 Å². The predicted molar refractivity (Wildman–Crippen MR) is 112 cm³/mol. The van der Waals surface area contributed by atoms with E-state index in [1.165, 1.54) is 19.1 Å². The van der Waals surface area contributed by atoms with Crippen molar-refractivity contribution < 1.29 is 44.6 Å². The van der Waals surface area contributed by atoms with Crippen LogP contribution in [0.5, 0.6) is 0 Å². The van der Waals surface area contributed by atoms with Crippen LogP contribution < -0.4 is 0 Å². The number of Topliss-reactive ketones (excluding diaryl/α,β-unsaturated/α-hetero) is 1. The van der Waals surface area contributed by atoms with Gasteiger partial charge < -0.3 is 35.0 Å². The van der Waals surface area contributed by atoms with Gasteiger partial charge in [-0.1, -0.05) is 24.6 Å². The second-order valence-corrected chi connectivity index (χ2v) is 8.13. The number of carbonyl (C=O) groups excluding carboxylic acids is 1. The van der Waals surface area contributed by atoms with Crippen molar-refractivity contribution in [2.45, 2.75) is 76.8 Å². The lowest BCUT2D eigenvalue weighted by atomic mass is 9.92. The number of carboxylic acids is 1. The highest BCUT2D eigenvalue weighted by molar-refractivity contribution is 5.86. The first kappa shape index (κ1) is 27.2. The van der Waals surface area contributed by atoms with Gasteiger partial charge in [0.2, 0.25) is 0 Å². The van der Waals surface area contributed by atoms with Crippen LogP contribution in [-0.4, -0.2) is 80.2 Å². The summed E-state index contributed by atoms with van der Waals surface area (Å²) < 4.78 is 11.1. The normalized spacial score (nSPS) is 30.4. The van der Waals surface area contributed by atoms with Gasteiger partial charge in [-0.3, -0.25) is 4.79 Å². The lowest BCUT2D eigenvalue weighted by molar-refractivity contribution is -0.319. The maximum atomic E-state index is 12.6. The molecule has 0 aromatic carbocycles. The van der Waals surface area contributed by atoms with Crippen molar-refractivity contribution in [3.8, 4) is 0 Å². The van der Waals surface area contributed by atoms with E-state index in [1.807, 2.05) is 0 Å². The van der Waals surface area contributed by atoms with E-state index in [2.05, 4.69) is 6.58 Å². The summed E-state index contributed by atoms with van der Waals surface area (Å²) in [5.41, 5.74) is -0.271. The van der Waals surface area contributed by atoms with Gasteiger partial charge in [-0.2, -0.15) is 0 Å².